The first-order valence-corrected chi connectivity index (χ1v) is 6.89. The van der Waals surface area contributed by atoms with Crippen molar-refractivity contribution in [2.24, 2.45) is 0 Å². The highest BCUT2D eigenvalue weighted by Gasteiger charge is 2.19. The lowest BCUT2D eigenvalue weighted by atomic mass is 10.1. The molecule has 0 aliphatic heterocycles. The van der Waals surface area contributed by atoms with E-state index in [0.29, 0.717) is 0 Å². The number of nitro groups is 2. The number of nitro benzene ring substituents is 2. The van der Waals surface area contributed by atoms with Crippen molar-refractivity contribution >= 4 is 11.4 Å². The number of halogens is 1. The van der Waals surface area contributed by atoms with Gasteiger partial charge in [0, 0.05) is 17.7 Å². The van der Waals surface area contributed by atoms with Gasteiger partial charge in [-0.15, -0.1) is 10.2 Å². The third kappa shape index (κ3) is 3.60. The summed E-state index contributed by atoms with van der Waals surface area (Å²) in [4.78, 5) is 21.6. The zero-order valence-corrected chi connectivity index (χ0v) is 12.4. The summed E-state index contributed by atoms with van der Waals surface area (Å²) in [5, 5.41) is 33.5. The molecule has 0 unspecified atom stereocenters. The molecule has 0 radical (unpaired) electrons. The fourth-order valence-electron chi connectivity index (χ4n) is 2.11. The SMILES string of the molecule is O=[N+]([O-])c1cc(-c2nnn(Cc3ccc(F)cc3)n2)cc([N+](=O)[O-])c1. The number of non-ortho nitro benzene ring substituents is 2. The zero-order valence-electron chi connectivity index (χ0n) is 12.4. The molecule has 126 valence electrons. The molecule has 0 N–H and O–H groups in total. The van der Waals surface area contributed by atoms with E-state index < -0.39 is 21.2 Å². The van der Waals surface area contributed by atoms with Gasteiger partial charge in [0.1, 0.15) is 5.82 Å². The van der Waals surface area contributed by atoms with Crippen LogP contribution < -0.4 is 0 Å². The van der Waals surface area contributed by atoms with Gasteiger partial charge in [-0.25, -0.2) is 4.39 Å². The summed E-state index contributed by atoms with van der Waals surface area (Å²) in [6.07, 6.45) is 0. The second kappa shape index (κ2) is 6.39. The molecule has 0 saturated carbocycles. The van der Waals surface area contributed by atoms with Crippen molar-refractivity contribution in [3.8, 4) is 11.4 Å². The lowest BCUT2D eigenvalue weighted by Crippen LogP contribution is -2.04. The zero-order chi connectivity index (χ0) is 18.0. The van der Waals surface area contributed by atoms with Crippen LogP contribution in [0.15, 0.2) is 42.5 Å². The molecule has 0 aliphatic carbocycles. The molecule has 0 saturated heterocycles. The molecule has 25 heavy (non-hydrogen) atoms. The maximum atomic E-state index is 12.9. The van der Waals surface area contributed by atoms with Crippen LogP contribution in [-0.2, 0) is 6.54 Å². The number of benzene rings is 2. The molecule has 0 spiro atoms. The second-order valence-electron chi connectivity index (χ2n) is 5.02. The molecule has 0 bridgehead atoms. The Morgan fingerprint density at radius 2 is 1.60 bits per heavy atom. The van der Waals surface area contributed by atoms with Crippen molar-refractivity contribution in [3.63, 3.8) is 0 Å². The van der Waals surface area contributed by atoms with Gasteiger partial charge in [0.25, 0.3) is 11.4 Å². The van der Waals surface area contributed by atoms with E-state index in [4.69, 9.17) is 0 Å². The van der Waals surface area contributed by atoms with Gasteiger partial charge < -0.3 is 0 Å². The minimum Gasteiger partial charge on any atom is -0.258 e. The van der Waals surface area contributed by atoms with E-state index in [-0.39, 0.29) is 23.7 Å². The van der Waals surface area contributed by atoms with Crippen LogP contribution in [0.25, 0.3) is 11.4 Å². The number of aromatic nitrogens is 4. The predicted octanol–water partition coefficient (Wildman–Crippen LogP) is 2.34. The van der Waals surface area contributed by atoms with Crippen molar-refractivity contribution in [1.82, 2.24) is 20.2 Å². The fraction of sp³-hybridized carbons (Fsp3) is 0.0714. The van der Waals surface area contributed by atoms with Gasteiger partial charge in [-0.3, -0.25) is 20.2 Å². The average Bonchev–Trinajstić information content (AvgIpc) is 3.05. The normalized spacial score (nSPS) is 10.6. The highest BCUT2D eigenvalue weighted by molar-refractivity contribution is 5.63. The first-order valence-electron chi connectivity index (χ1n) is 6.89. The minimum absolute atomic E-state index is 0.00825. The molecule has 2 aromatic carbocycles. The van der Waals surface area contributed by atoms with Gasteiger partial charge in [0.05, 0.1) is 22.5 Å². The Hall–Kier alpha value is -3.76. The quantitative estimate of drug-likeness (QED) is 0.513. The first-order chi connectivity index (χ1) is 11.9. The summed E-state index contributed by atoms with van der Waals surface area (Å²) in [5.74, 6) is -0.367. The van der Waals surface area contributed by atoms with Crippen LogP contribution in [0.4, 0.5) is 15.8 Å². The molecule has 0 fully saturated rings. The van der Waals surface area contributed by atoms with Crippen LogP contribution in [-0.4, -0.2) is 30.1 Å². The van der Waals surface area contributed by atoms with Crippen molar-refractivity contribution in [1.29, 1.82) is 0 Å². The van der Waals surface area contributed by atoms with Crippen molar-refractivity contribution in [2.75, 3.05) is 0 Å². The highest BCUT2D eigenvalue weighted by Crippen LogP contribution is 2.27. The van der Waals surface area contributed by atoms with Gasteiger partial charge >= 0.3 is 0 Å². The number of tetrazole rings is 1. The molecule has 3 aromatic rings. The van der Waals surface area contributed by atoms with Crippen LogP contribution in [0.5, 0.6) is 0 Å². The Labute approximate surface area is 138 Å². The first kappa shape index (κ1) is 16.1. The summed E-state index contributed by atoms with van der Waals surface area (Å²) in [6.45, 7) is 0.199. The summed E-state index contributed by atoms with van der Waals surface area (Å²) >= 11 is 0. The molecule has 0 amide bonds. The Morgan fingerprint density at radius 3 is 2.16 bits per heavy atom. The lowest BCUT2D eigenvalue weighted by molar-refractivity contribution is -0.394. The van der Waals surface area contributed by atoms with E-state index in [2.05, 4.69) is 15.4 Å². The van der Waals surface area contributed by atoms with E-state index in [0.717, 1.165) is 23.8 Å². The highest BCUT2D eigenvalue weighted by atomic mass is 19.1. The number of rotatable bonds is 5. The van der Waals surface area contributed by atoms with E-state index in [1.54, 1.807) is 12.1 Å². The third-order valence-electron chi connectivity index (χ3n) is 3.27. The van der Waals surface area contributed by atoms with Gasteiger partial charge in [-0.2, -0.15) is 4.80 Å². The largest absolute Gasteiger partial charge is 0.277 e. The minimum atomic E-state index is -0.737. The fourth-order valence-corrected chi connectivity index (χ4v) is 2.11. The molecule has 3 rings (SSSR count). The van der Waals surface area contributed by atoms with E-state index in [1.807, 2.05) is 0 Å². The third-order valence-corrected chi connectivity index (χ3v) is 3.27. The summed E-state index contributed by atoms with van der Waals surface area (Å²) in [6, 6.07) is 8.80. The Bertz CT molecular complexity index is 924. The topological polar surface area (TPSA) is 130 Å². The second-order valence-corrected chi connectivity index (χ2v) is 5.02. The van der Waals surface area contributed by atoms with Gasteiger partial charge in [-0.05, 0) is 22.9 Å². The molecule has 0 aliphatic rings. The van der Waals surface area contributed by atoms with Crippen molar-refractivity contribution in [3.05, 3.63) is 74.1 Å². The number of hydrogen-bond acceptors (Lipinski definition) is 7. The molecule has 1 aromatic heterocycles. The smallest absolute Gasteiger partial charge is 0.258 e. The number of nitrogens with zero attached hydrogens (tertiary/aromatic N) is 6. The number of hydrogen-bond donors (Lipinski definition) is 0. The maximum absolute atomic E-state index is 12.9. The van der Waals surface area contributed by atoms with E-state index >= 15 is 0 Å². The predicted molar refractivity (Wildman–Crippen MR) is 82.1 cm³/mol. The maximum Gasteiger partial charge on any atom is 0.277 e. The summed E-state index contributed by atoms with van der Waals surface area (Å²) in [5.41, 5.74) is -0.0696. The van der Waals surface area contributed by atoms with Crippen LogP contribution in [0, 0.1) is 26.0 Å². The Balaban J connectivity index is 1.92. The van der Waals surface area contributed by atoms with Gasteiger partial charge in [0.15, 0.2) is 0 Å². The monoisotopic (exact) mass is 344 g/mol. The van der Waals surface area contributed by atoms with Crippen LogP contribution in [0.3, 0.4) is 0 Å². The van der Waals surface area contributed by atoms with Crippen LogP contribution in [0.1, 0.15) is 5.56 Å². The van der Waals surface area contributed by atoms with Gasteiger partial charge in [0.2, 0.25) is 5.82 Å². The lowest BCUT2D eigenvalue weighted by Gasteiger charge is -1.99. The average molecular weight is 344 g/mol. The molecular weight excluding hydrogens is 335 g/mol. The van der Waals surface area contributed by atoms with Gasteiger partial charge in [-0.1, -0.05) is 12.1 Å². The molecule has 10 nitrogen and oxygen atoms in total. The van der Waals surface area contributed by atoms with Crippen LogP contribution >= 0.6 is 0 Å². The molecule has 0 atom stereocenters. The standard InChI is InChI=1S/C14H9FN6O4/c15-11-3-1-9(2-4-11)8-19-17-14(16-18-19)10-5-12(20(22)23)7-13(6-10)21(24)25/h1-7H,8H2. The Kier molecular flexibility index (Phi) is 4.12. The van der Waals surface area contributed by atoms with Crippen molar-refractivity contribution < 1.29 is 14.2 Å². The van der Waals surface area contributed by atoms with E-state index in [9.17, 15) is 24.6 Å². The molecule has 11 heteroatoms. The van der Waals surface area contributed by atoms with E-state index in [1.165, 1.54) is 16.9 Å². The summed E-state index contributed by atoms with van der Waals surface area (Å²) < 4.78 is 12.9. The van der Waals surface area contributed by atoms with Crippen LogP contribution in [0.2, 0.25) is 0 Å². The molecular formula is C14H9FN6O4. The molecule has 1 heterocycles. The van der Waals surface area contributed by atoms with Crippen molar-refractivity contribution in [2.45, 2.75) is 6.54 Å². The Morgan fingerprint density at radius 1 is 1.00 bits per heavy atom. The summed E-state index contributed by atoms with van der Waals surface area (Å²) in [7, 11) is 0.